The summed E-state index contributed by atoms with van der Waals surface area (Å²) in [6.45, 7) is 2.00. The van der Waals surface area contributed by atoms with E-state index in [2.05, 4.69) is 0 Å². The van der Waals surface area contributed by atoms with Gasteiger partial charge in [0.1, 0.15) is 5.82 Å². The van der Waals surface area contributed by atoms with E-state index >= 15 is 0 Å². The Bertz CT molecular complexity index is 469. The minimum absolute atomic E-state index is 0.0696. The maximum absolute atomic E-state index is 13.3. The highest BCUT2D eigenvalue weighted by molar-refractivity contribution is 5.35. The molecule has 7 heteroatoms. The van der Waals surface area contributed by atoms with E-state index in [1.807, 2.05) is 4.90 Å². The predicted molar refractivity (Wildman–Crippen MR) is 65.2 cm³/mol. The van der Waals surface area contributed by atoms with Gasteiger partial charge in [0.2, 0.25) is 0 Å². The Hall–Kier alpha value is -1.57. The third-order valence-electron chi connectivity index (χ3n) is 2.99. The number of ether oxygens (including phenoxy) is 1. The lowest BCUT2D eigenvalue weighted by Gasteiger charge is -2.31. The van der Waals surface area contributed by atoms with Gasteiger partial charge in [-0.2, -0.15) is 0 Å². The third kappa shape index (κ3) is 3.69. The number of nitro benzene ring substituents is 1. The number of aliphatic hydroxyl groups is 1. The molecule has 1 aromatic rings. The van der Waals surface area contributed by atoms with E-state index in [4.69, 9.17) is 9.84 Å². The summed E-state index contributed by atoms with van der Waals surface area (Å²) in [6, 6.07) is 3.56. The van der Waals surface area contributed by atoms with Crippen LogP contribution >= 0.6 is 0 Å². The quantitative estimate of drug-likeness (QED) is 0.650. The minimum Gasteiger partial charge on any atom is -0.394 e. The number of halogens is 1. The summed E-state index contributed by atoms with van der Waals surface area (Å²) in [7, 11) is 0. The third-order valence-corrected chi connectivity index (χ3v) is 2.99. The number of aliphatic hydroxyl groups excluding tert-OH is 1. The van der Waals surface area contributed by atoms with Gasteiger partial charge in [-0.05, 0) is 11.6 Å². The molecular weight excluding hydrogens is 255 g/mol. The smallest absolute Gasteiger partial charge is 0.272 e. The molecular formula is C12H15FN2O4. The Morgan fingerprint density at radius 3 is 3.00 bits per heavy atom. The van der Waals surface area contributed by atoms with Gasteiger partial charge in [-0.25, -0.2) is 4.39 Å². The van der Waals surface area contributed by atoms with Crippen LogP contribution in [0, 0.1) is 15.9 Å². The number of benzene rings is 1. The average Bonchev–Trinajstić information content (AvgIpc) is 2.38. The van der Waals surface area contributed by atoms with Gasteiger partial charge in [0.05, 0.1) is 30.3 Å². The number of hydrogen-bond acceptors (Lipinski definition) is 5. The lowest BCUT2D eigenvalue weighted by Crippen LogP contribution is -2.43. The van der Waals surface area contributed by atoms with Crippen molar-refractivity contribution >= 4 is 5.69 Å². The van der Waals surface area contributed by atoms with Crippen molar-refractivity contribution in [3.05, 3.63) is 39.7 Å². The van der Waals surface area contributed by atoms with Gasteiger partial charge in [-0.1, -0.05) is 0 Å². The zero-order valence-corrected chi connectivity index (χ0v) is 10.3. The molecule has 0 saturated carbocycles. The zero-order valence-electron chi connectivity index (χ0n) is 10.3. The van der Waals surface area contributed by atoms with Gasteiger partial charge in [-0.3, -0.25) is 15.0 Å². The average molecular weight is 270 g/mol. The summed E-state index contributed by atoms with van der Waals surface area (Å²) in [5.74, 6) is -0.615. The molecule has 1 fully saturated rings. The molecule has 0 amide bonds. The van der Waals surface area contributed by atoms with Crippen LogP contribution in [-0.4, -0.2) is 47.3 Å². The molecule has 2 rings (SSSR count). The molecule has 6 nitrogen and oxygen atoms in total. The van der Waals surface area contributed by atoms with E-state index in [-0.39, 0.29) is 18.4 Å². The van der Waals surface area contributed by atoms with Gasteiger partial charge in [-0.15, -0.1) is 0 Å². The first kappa shape index (κ1) is 13.9. The van der Waals surface area contributed by atoms with Crippen molar-refractivity contribution in [3.8, 4) is 0 Å². The molecule has 1 saturated heterocycles. The molecule has 1 N–H and O–H groups in total. The van der Waals surface area contributed by atoms with Crippen molar-refractivity contribution in [2.24, 2.45) is 0 Å². The van der Waals surface area contributed by atoms with E-state index in [0.717, 1.165) is 6.07 Å². The molecule has 104 valence electrons. The van der Waals surface area contributed by atoms with Crippen LogP contribution in [0.25, 0.3) is 0 Å². The molecule has 1 atom stereocenters. The second-order valence-electron chi connectivity index (χ2n) is 4.49. The molecule has 0 spiro atoms. The van der Waals surface area contributed by atoms with Gasteiger partial charge in [0, 0.05) is 25.7 Å². The van der Waals surface area contributed by atoms with Crippen molar-refractivity contribution in [2.75, 3.05) is 26.3 Å². The highest BCUT2D eigenvalue weighted by Crippen LogP contribution is 2.18. The van der Waals surface area contributed by atoms with Gasteiger partial charge in [0.15, 0.2) is 0 Å². The largest absolute Gasteiger partial charge is 0.394 e. The maximum atomic E-state index is 13.3. The van der Waals surface area contributed by atoms with E-state index in [9.17, 15) is 14.5 Å². The highest BCUT2D eigenvalue weighted by Gasteiger charge is 2.20. The molecule has 1 aliphatic heterocycles. The van der Waals surface area contributed by atoms with Crippen LogP contribution in [0.1, 0.15) is 5.56 Å². The second kappa shape index (κ2) is 6.05. The first-order valence-corrected chi connectivity index (χ1v) is 5.97. The van der Waals surface area contributed by atoms with Crippen molar-refractivity contribution in [1.82, 2.24) is 4.90 Å². The fourth-order valence-electron chi connectivity index (χ4n) is 2.12. The second-order valence-corrected chi connectivity index (χ2v) is 4.49. The van der Waals surface area contributed by atoms with Crippen LogP contribution < -0.4 is 0 Å². The van der Waals surface area contributed by atoms with Crippen molar-refractivity contribution in [2.45, 2.75) is 12.6 Å². The lowest BCUT2D eigenvalue weighted by molar-refractivity contribution is -0.385. The van der Waals surface area contributed by atoms with Crippen LogP contribution in [0.15, 0.2) is 18.2 Å². The molecule has 0 aliphatic carbocycles. The predicted octanol–water partition coefficient (Wildman–Crippen LogP) is 0.927. The van der Waals surface area contributed by atoms with Crippen molar-refractivity contribution in [1.29, 1.82) is 0 Å². The minimum atomic E-state index is -0.615. The first-order chi connectivity index (χ1) is 9.08. The van der Waals surface area contributed by atoms with Crippen LogP contribution in [0.3, 0.4) is 0 Å². The number of rotatable bonds is 4. The van der Waals surface area contributed by atoms with E-state index in [0.29, 0.717) is 31.8 Å². The van der Waals surface area contributed by atoms with Gasteiger partial charge in [0.25, 0.3) is 5.69 Å². The molecule has 0 radical (unpaired) electrons. The normalized spacial score (nSPS) is 20.4. The Morgan fingerprint density at radius 1 is 1.53 bits per heavy atom. The Kier molecular flexibility index (Phi) is 4.41. The SMILES string of the molecule is O=[N+]([O-])c1cc(F)cc(CN2CCOC(CO)C2)c1. The van der Waals surface area contributed by atoms with Crippen LogP contribution in [0.5, 0.6) is 0 Å². The van der Waals surface area contributed by atoms with Crippen LogP contribution in [0.4, 0.5) is 10.1 Å². The monoisotopic (exact) mass is 270 g/mol. The Balaban J connectivity index is 2.08. The van der Waals surface area contributed by atoms with Gasteiger partial charge < -0.3 is 9.84 Å². The molecule has 0 aromatic heterocycles. The number of hydrogen-bond donors (Lipinski definition) is 1. The van der Waals surface area contributed by atoms with E-state index in [1.54, 1.807) is 0 Å². The topological polar surface area (TPSA) is 75.8 Å². The van der Waals surface area contributed by atoms with Crippen LogP contribution in [-0.2, 0) is 11.3 Å². The maximum Gasteiger partial charge on any atom is 0.272 e. The summed E-state index contributed by atoms with van der Waals surface area (Å²) in [4.78, 5) is 12.0. The standard InChI is InChI=1S/C12H15FN2O4/c13-10-3-9(4-11(5-10)15(17)18)6-14-1-2-19-12(7-14)8-16/h3-5,12,16H,1-2,6-8H2. The summed E-state index contributed by atoms with van der Waals surface area (Å²) in [6.07, 6.45) is -0.253. The molecule has 1 aromatic carbocycles. The number of nitrogens with zero attached hydrogens (tertiary/aromatic N) is 2. The molecule has 1 unspecified atom stereocenters. The summed E-state index contributed by atoms with van der Waals surface area (Å²) in [5, 5.41) is 19.7. The number of non-ortho nitro benzene ring substituents is 1. The van der Waals surface area contributed by atoms with E-state index < -0.39 is 10.7 Å². The summed E-state index contributed by atoms with van der Waals surface area (Å²) in [5.41, 5.74) is 0.298. The molecule has 1 aliphatic rings. The zero-order chi connectivity index (χ0) is 13.8. The van der Waals surface area contributed by atoms with Gasteiger partial charge >= 0.3 is 0 Å². The molecule has 1 heterocycles. The fraction of sp³-hybridized carbons (Fsp3) is 0.500. The van der Waals surface area contributed by atoms with Crippen molar-refractivity contribution < 1.29 is 19.2 Å². The molecule has 19 heavy (non-hydrogen) atoms. The summed E-state index contributed by atoms with van der Waals surface area (Å²) < 4.78 is 18.6. The van der Waals surface area contributed by atoms with Crippen molar-refractivity contribution in [3.63, 3.8) is 0 Å². The number of morpholine rings is 1. The fourth-order valence-corrected chi connectivity index (χ4v) is 2.12. The van der Waals surface area contributed by atoms with E-state index in [1.165, 1.54) is 12.1 Å². The van der Waals surface area contributed by atoms with Crippen LogP contribution in [0.2, 0.25) is 0 Å². The summed E-state index contributed by atoms with van der Waals surface area (Å²) >= 11 is 0. The molecule has 0 bridgehead atoms. The first-order valence-electron chi connectivity index (χ1n) is 5.97. The lowest BCUT2D eigenvalue weighted by atomic mass is 10.1. The Morgan fingerprint density at radius 2 is 2.32 bits per heavy atom. The number of nitro groups is 1. The highest BCUT2D eigenvalue weighted by atomic mass is 19.1. The Labute approximate surface area is 109 Å².